The van der Waals surface area contributed by atoms with Gasteiger partial charge in [-0.15, -0.1) is 11.8 Å². The first-order valence-electron chi connectivity index (χ1n) is 6.47. The van der Waals surface area contributed by atoms with E-state index in [4.69, 9.17) is 9.79 Å². The Labute approximate surface area is 125 Å². The Bertz CT molecular complexity index is 583. The number of nitro benzene ring substituents is 1. The Balaban J connectivity index is 2.38. The molecule has 0 amide bonds. The number of nitro groups is 1. The van der Waals surface area contributed by atoms with Crippen molar-refractivity contribution in [2.45, 2.75) is 41.7 Å². The van der Waals surface area contributed by atoms with E-state index in [0.29, 0.717) is 10.1 Å². The van der Waals surface area contributed by atoms with Crippen LogP contribution in [0.1, 0.15) is 37.1 Å². The summed E-state index contributed by atoms with van der Waals surface area (Å²) in [5, 5.41) is 20.9. The van der Waals surface area contributed by atoms with Gasteiger partial charge in [0.1, 0.15) is 0 Å². The van der Waals surface area contributed by atoms with E-state index in [9.17, 15) is 19.8 Å². The lowest BCUT2D eigenvalue weighted by atomic mass is 10.2. The normalized spacial score (nSPS) is 17.9. The molecular formula is C12H16NO6PS. The third-order valence-corrected chi connectivity index (χ3v) is 5.74. The lowest BCUT2D eigenvalue weighted by molar-refractivity contribution is -0.385. The highest BCUT2D eigenvalue weighted by Gasteiger charge is 2.32. The average molecular weight is 333 g/mol. The molecular weight excluding hydrogens is 317 g/mol. The Morgan fingerprint density at radius 2 is 1.95 bits per heavy atom. The van der Waals surface area contributed by atoms with Crippen LogP contribution < -0.4 is 0 Å². The van der Waals surface area contributed by atoms with Crippen molar-refractivity contribution >= 4 is 25.0 Å². The standard InChI is InChI=1S/C12H16NO6PS/c14-12(20(17,18)19)10-7-8(13(15)16)5-6-11(10)21-9-3-1-2-4-9/h5-7,9,12,14H,1-4H2,(H2,17,18,19). The number of thioether (sulfide) groups is 1. The van der Waals surface area contributed by atoms with Gasteiger partial charge in [0.25, 0.3) is 5.69 Å². The van der Waals surface area contributed by atoms with Gasteiger partial charge in [-0.2, -0.15) is 0 Å². The Hall–Kier alpha value is -0.920. The second-order valence-corrected chi connectivity index (χ2v) is 7.98. The van der Waals surface area contributed by atoms with Crippen molar-refractivity contribution in [3.8, 4) is 0 Å². The van der Waals surface area contributed by atoms with Gasteiger partial charge in [0.05, 0.1) is 4.92 Å². The quantitative estimate of drug-likeness (QED) is 0.430. The van der Waals surface area contributed by atoms with E-state index in [1.165, 1.54) is 23.9 Å². The van der Waals surface area contributed by atoms with Crippen LogP contribution in [0.5, 0.6) is 0 Å². The molecule has 1 fully saturated rings. The van der Waals surface area contributed by atoms with E-state index >= 15 is 0 Å². The molecule has 9 heteroatoms. The largest absolute Gasteiger partial charge is 0.376 e. The van der Waals surface area contributed by atoms with Gasteiger partial charge in [0.15, 0.2) is 5.85 Å². The van der Waals surface area contributed by atoms with Crippen molar-refractivity contribution in [1.82, 2.24) is 0 Å². The SMILES string of the molecule is O=[N+]([O-])c1ccc(SC2CCCC2)c(C(O)P(=O)(O)O)c1. The summed E-state index contributed by atoms with van der Waals surface area (Å²) < 4.78 is 11.3. The summed E-state index contributed by atoms with van der Waals surface area (Å²) in [6.45, 7) is 0. The molecule has 7 nitrogen and oxygen atoms in total. The molecule has 1 aliphatic carbocycles. The van der Waals surface area contributed by atoms with Crippen molar-refractivity contribution in [2.24, 2.45) is 0 Å². The number of benzene rings is 1. The summed E-state index contributed by atoms with van der Waals surface area (Å²) >= 11 is 1.42. The summed E-state index contributed by atoms with van der Waals surface area (Å²) in [4.78, 5) is 28.9. The van der Waals surface area contributed by atoms with Gasteiger partial charge in [-0.25, -0.2) is 0 Å². The van der Waals surface area contributed by atoms with Gasteiger partial charge >= 0.3 is 7.60 Å². The number of hydrogen-bond donors (Lipinski definition) is 3. The molecule has 0 spiro atoms. The molecule has 21 heavy (non-hydrogen) atoms. The third-order valence-electron chi connectivity index (χ3n) is 3.40. The number of hydrogen-bond acceptors (Lipinski definition) is 5. The van der Waals surface area contributed by atoms with E-state index in [2.05, 4.69) is 0 Å². The molecule has 1 aliphatic rings. The monoisotopic (exact) mass is 333 g/mol. The fraction of sp³-hybridized carbons (Fsp3) is 0.500. The molecule has 0 bridgehead atoms. The van der Waals surface area contributed by atoms with Gasteiger partial charge in [-0.3, -0.25) is 14.7 Å². The summed E-state index contributed by atoms with van der Waals surface area (Å²) in [6, 6.07) is 3.78. The number of nitrogens with zero attached hydrogens (tertiary/aromatic N) is 1. The average Bonchev–Trinajstić information content (AvgIpc) is 2.90. The highest BCUT2D eigenvalue weighted by Crippen LogP contribution is 2.53. The fourth-order valence-electron chi connectivity index (χ4n) is 2.33. The van der Waals surface area contributed by atoms with Crippen LogP contribution in [0.15, 0.2) is 23.1 Å². The van der Waals surface area contributed by atoms with E-state index < -0.39 is 18.4 Å². The Morgan fingerprint density at radius 3 is 2.48 bits per heavy atom. The highest BCUT2D eigenvalue weighted by molar-refractivity contribution is 8.00. The maximum atomic E-state index is 11.3. The van der Waals surface area contributed by atoms with E-state index in [1.54, 1.807) is 0 Å². The molecule has 1 atom stereocenters. The minimum atomic E-state index is -4.78. The number of aliphatic hydroxyl groups is 1. The number of aliphatic hydroxyl groups excluding tert-OH is 1. The first-order chi connectivity index (χ1) is 9.79. The summed E-state index contributed by atoms with van der Waals surface area (Å²) in [7, 11) is -4.78. The van der Waals surface area contributed by atoms with Crippen LogP contribution >= 0.6 is 19.4 Å². The second-order valence-electron chi connectivity index (χ2n) is 4.97. The van der Waals surface area contributed by atoms with Gasteiger partial charge in [-0.05, 0) is 18.9 Å². The third kappa shape index (κ3) is 4.05. The zero-order valence-electron chi connectivity index (χ0n) is 11.1. The van der Waals surface area contributed by atoms with Crippen LogP contribution in [0.3, 0.4) is 0 Å². The summed E-state index contributed by atoms with van der Waals surface area (Å²) in [6.07, 6.45) is 4.18. The van der Waals surface area contributed by atoms with Gasteiger partial charge in [0.2, 0.25) is 0 Å². The first-order valence-corrected chi connectivity index (χ1v) is 9.03. The van der Waals surface area contributed by atoms with Crippen LogP contribution in [0.2, 0.25) is 0 Å². The van der Waals surface area contributed by atoms with Crippen molar-refractivity contribution in [3.63, 3.8) is 0 Å². The molecule has 1 unspecified atom stereocenters. The van der Waals surface area contributed by atoms with Crippen molar-refractivity contribution in [2.75, 3.05) is 0 Å². The first kappa shape index (κ1) is 16.5. The minimum Gasteiger partial charge on any atom is -0.376 e. The van der Waals surface area contributed by atoms with E-state index in [-0.39, 0.29) is 11.3 Å². The molecule has 0 heterocycles. The Kier molecular flexibility index (Phi) is 5.06. The highest BCUT2D eigenvalue weighted by atomic mass is 32.2. The lowest BCUT2D eigenvalue weighted by Crippen LogP contribution is -2.04. The molecule has 1 saturated carbocycles. The van der Waals surface area contributed by atoms with E-state index in [0.717, 1.165) is 31.7 Å². The molecule has 0 aliphatic heterocycles. The fourth-order valence-corrected chi connectivity index (χ4v) is 4.37. The Morgan fingerprint density at radius 1 is 1.33 bits per heavy atom. The zero-order valence-corrected chi connectivity index (χ0v) is 12.8. The van der Waals surface area contributed by atoms with Crippen LogP contribution in [-0.4, -0.2) is 25.1 Å². The second kappa shape index (κ2) is 6.46. The van der Waals surface area contributed by atoms with Crippen LogP contribution in [0, 0.1) is 10.1 Å². The lowest BCUT2D eigenvalue weighted by Gasteiger charge is -2.18. The van der Waals surface area contributed by atoms with Crippen LogP contribution in [0.25, 0.3) is 0 Å². The molecule has 116 valence electrons. The number of non-ortho nitro benzene ring substituents is 1. The molecule has 2 rings (SSSR count). The smallest absolute Gasteiger partial charge is 0.358 e. The number of rotatable bonds is 5. The maximum Gasteiger partial charge on any atom is 0.358 e. The summed E-state index contributed by atoms with van der Waals surface area (Å²) in [5.74, 6) is -2.04. The van der Waals surface area contributed by atoms with E-state index in [1.807, 2.05) is 0 Å². The van der Waals surface area contributed by atoms with Crippen molar-refractivity contribution in [3.05, 3.63) is 33.9 Å². The molecule has 3 N–H and O–H groups in total. The zero-order chi connectivity index (χ0) is 15.6. The predicted molar refractivity (Wildman–Crippen MR) is 78.2 cm³/mol. The van der Waals surface area contributed by atoms with Gasteiger partial charge in [0, 0.05) is 27.8 Å². The minimum absolute atomic E-state index is 0.0746. The molecule has 0 radical (unpaired) electrons. The molecule has 0 aromatic heterocycles. The maximum absolute atomic E-state index is 11.3. The van der Waals surface area contributed by atoms with Gasteiger partial charge in [-0.1, -0.05) is 12.8 Å². The topological polar surface area (TPSA) is 121 Å². The van der Waals surface area contributed by atoms with Crippen molar-refractivity contribution < 1.29 is 24.4 Å². The molecule has 0 saturated heterocycles. The van der Waals surface area contributed by atoms with Crippen LogP contribution in [0.4, 0.5) is 5.69 Å². The molecule has 1 aromatic rings. The molecule has 1 aromatic carbocycles. The predicted octanol–water partition coefficient (Wildman–Crippen LogP) is 2.80. The van der Waals surface area contributed by atoms with Crippen LogP contribution in [-0.2, 0) is 4.57 Å². The van der Waals surface area contributed by atoms with Gasteiger partial charge < -0.3 is 14.9 Å². The summed E-state index contributed by atoms with van der Waals surface area (Å²) in [5.41, 5.74) is -0.372. The van der Waals surface area contributed by atoms with Crippen molar-refractivity contribution in [1.29, 1.82) is 0 Å².